The number of carbonyl (C=O) groups is 2. The summed E-state index contributed by atoms with van der Waals surface area (Å²) in [6, 6.07) is 18.4. The summed E-state index contributed by atoms with van der Waals surface area (Å²) in [5.41, 5.74) is 2.21. The van der Waals surface area contributed by atoms with Crippen molar-refractivity contribution in [3.63, 3.8) is 0 Å². The number of benzene rings is 2. The molecule has 35 heavy (non-hydrogen) atoms. The van der Waals surface area contributed by atoms with E-state index in [9.17, 15) is 19.2 Å². The fraction of sp³-hybridized carbons (Fsp3) is 0.115. The van der Waals surface area contributed by atoms with E-state index in [1.807, 2.05) is 30.3 Å². The second-order valence-corrected chi connectivity index (χ2v) is 8.17. The number of anilines is 3. The van der Waals surface area contributed by atoms with Gasteiger partial charge in [-0.25, -0.2) is 9.37 Å². The van der Waals surface area contributed by atoms with Crippen molar-refractivity contribution in [2.75, 3.05) is 17.2 Å². The molecule has 0 saturated heterocycles. The first-order chi connectivity index (χ1) is 16.9. The third kappa shape index (κ3) is 4.13. The maximum Gasteiger partial charge on any atom is 0.261 e. The molecule has 3 heterocycles. The first kappa shape index (κ1) is 22.0. The van der Waals surface area contributed by atoms with Crippen LogP contribution in [0.25, 0.3) is 10.9 Å². The number of nitrogens with one attached hydrogen (secondary N) is 2. The van der Waals surface area contributed by atoms with Crippen LogP contribution in [0.15, 0.2) is 66.9 Å². The molecule has 9 heteroatoms. The van der Waals surface area contributed by atoms with Crippen LogP contribution < -0.4 is 10.6 Å². The fourth-order valence-electron chi connectivity index (χ4n) is 4.02. The molecule has 1 unspecified atom stereocenters. The van der Waals surface area contributed by atoms with Crippen LogP contribution in [0.5, 0.6) is 0 Å². The first-order valence-corrected chi connectivity index (χ1v) is 10.9. The quantitative estimate of drug-likeness (QED) is 0.403. The van der Waals surface area contributed by atoms with Crippen LogP contribution in [0.4, 0.5) is 21.7 Å². The Morgan fingerprint density at radius 2 is 1.77 bits per heavy atom. The Morgan fingerprint density at radius 3 is 2.49 bits per heavy atom. The number of imide groups is 1. The molecule has 0 bridgehead atoms. The Labute approximate surface area is 200 Å². The highest BCUT2D eigenvalue weighted by molar-refractivity contribution is 6.21. The van der Waals surface area contributed by atoms with Crippen molar-refractivity contribution in [1.82, 2.24) is 14.9 Å². The summed E-state index contributed by atoms with van der Waals surface area (Å²) in [5.74, 6) is -1.42. The van der Waals surface area contributed by atoms with Crippen LogP contribution >= 0.6 is 0 Å². The van der Waals surface area contributed by atoms with Gasteiger partial charge in [-0.05, 0) is 49.4 Å². The third-order valence-electron chi connectivity index (χ3n) is 5.68. The molecule has 0 aliphatic carbocycles. The first-order valence-electron chi connectivity index (χ1n) is 10.9. The second-order valence-electron chi connectivity index (χ2n) is 8.17. The van der Waals surface area contributed by atoms with Crippen molar-refractivity contribution in [2.45, 2.75) is 13.0 Å². The summed E-state index contributed by atoms with van der Waals surface area (Å²) >= 11 is 0. The molecule has 4 aromatic rings. The van der Waals surface area contributed by atoms with E-state index in [1.54, 1.807) is 43.5 Å². The largest absolute Gasteiger partial charge is 0.363 e. The maximum atomic E-state index is 14.7. The Bertz CT molecular complexity index is 1500. The van der Waals surface area contributed by atoms with E-state index in [2.05, 4.69) is 20.6 Å². The minimum Gasteiger partial charge on any atom is -0.363 e. The van der Waals surface area contributed by atoms with Gasteiger partial charge in [-0.2, -0.15) is 5.26 Å². The summed E-state index contributed by atoms with van der Waals surface area (Å²) in [4.78, 5) is 35.0. The Balaban J connectivity index is 1.36. The van der Waals surface area contributed by atoms with E-state index in [4.69, 9.17) is 0 Å². The number of aromatic nitrogens is 2. The van der Waals surface area contributed by atoms with Gasteiger partial charge in [0.2, 0.25) is 0 Å². The van der Waals surface area contributed by atoms with Gasteiger partial charge in [0.15, 0.2) is 17.5 Å². The SMILES string of the molecule is CC(CN1C(=O)c2ccccc2C1=O)Nc1nc(Nc2ccc3ncccc3c2)c(C#N)cc1F. The van der Waals surface area contributed by atoms with Gasteiger partial charge in [-0.1, -0.05) is 18.2 Å². The van der Waals surface area contributed by atoms with E-state index in [0.29, 0.717) is 16.8 Å². The molecule has 1 atom stereocenters. The number of hydrogen-bond donors (Lipinski definition) is 2. The van der Waals surface area contributed by atoms with Crippen molar-refractivity contribution in [3.8, 4) is 6.07 Å². The molecule has 1 aliphatic rings. The Hall–Kier alpha value is -4.84. The predicted octanol–water partition coefficient (Wildman–Crippen LogP) is 4.48. The lowest BCUT2D eigenvalue weighted by Crippen LogP contribution is -2.39. The zero-order chi connectivity index (χ0) is 24.5. The number of nitrogens with zero attached hydrogens (tertiary/aromatic N) is 4. The van der Waals surface area contributed by atoms with Crippen LogP contribution in [-0.4, -0.2) is 39.3 Å². The lowest BCUT2D eigenvalue weighted by Gasteiger charge is -2.21. The monoisotopic (exact) mass is 466 g/mol. The average Bonchev–Trinajstić information content (AvgIpc) is 3.10. The zero-order valence-corrected chi connectivity index (χ0v) is 18.6. The van der Waals surface area contributed by atoms with E-state index in [0.717, 1.165) is 21.9 Å². The predicted molar refractivity (Wildman–Crippen MR) is 129 cm³/mol. The molecule has 0 radical (unpaired) electrons. The summed E-state index contributed by atoms with van der Waals surface area (Å²) in [6.45, 7) is 1.74. The highest BCUT2D eigenvalue weighted by Crippen LogP contribution is 2.27. The minimum atomic E-state index is -0.718. The number of amides is 2. The van der Waals surface area contributed by atoms with Crippen molar-refractivity contribution in [3.05, 3.63) is 89.4 Å². The molecule has 2 aromatic heterocycles. The summed E-state index contributed by atoms with van der Waals surface area (Å²) in [7, 11) is 0. The lowest BCUT2D eigenvalue weighted by molar-refractivity contribution is 0.0649. The normalized spacial score (nSPS) is 13.5. The molecule has 5 rings (SSSR count). The average molecular weight is 466 g/mol. The van der Waals surface area contributed by atoms with Crippen molar-refractivity contribution < 1.29 is 14.0 Å². The van der Waals surface area contributed by atoms with E-state index in [-0.39, 0.29) is 35.6 Å². The zero-order valence-electron chi connectivity index (χ0n) is 18.6. The molecule has 8 nitrogen and oxygen atoms in total. The minimum absolute atomic E-state index is 0.0217. The third-order valence-corrected chi connectivity index (χ3v) is 5.68. The van der Waals surface area contributed by atoms with Gasteiger partial charge in [0.1, 0.15) is 6.07 Å². The van der Waals surface area contributed by atoms with Gasteiger partial charge >= 0.3 is 0 Å². The number of pyridine rings is 2. The molecule has 2 N–H and O–H groups in total. The number of nitriles is 1. The van der Waals surface area contributed by atoms with Crippen LogP contribution in [-0.2, 0) is 0 Å². The number of rotatable bonds is 6. The van der Waals surface area contributed by atoms with E-state index in [1.165, 1.54) is 0 Å². The molecule has 0 fully saturated rings. The standard InChI is InChI=1S/C26H19FN6O2/c1-15(14-33-25(34)19-6-2-3-7-20(19)26(33)35)30-24-21(27)12-17(13-28)23(32-24)31-18-8-9-22-16(11-18)5-4-10-29-22/h2-12,15H,14H2,1H3,(H2,30,31,32). The van der Waals surface area contributed by atoms with Gasteiger partial charge in [0.05, 0.1) is 22.2 Å². The van der Waals surface area contributed by atoms with Gasteiger partial charge in [-0.3, -0.25) is 19.5 Å². The molecule has 172 valence electrons. The summed E-state index contributed by atoms with van der Waals surface area (Å²) in [5, 5.41) is 16.4. The van der Waals surface area contributed by atoms with Gasteiger partial charge in [-0.15, -0.1) is 0 Å². The molecule has 2 aromatic carbocycles. The maximum absolute atomic E-state index is 14.7. The molecule has 1 aliphatic heterocycles. The number of carbonyl (C=O) groups excluding carboxylic acids is 2. The van der Waals surface area contributed by atoms with Crippen LogP contribution in [0.1, 0.15) is 33.2 Å². The smallest absolute Gasteiger partial charge is 0.261 e. The van der Waals surface area contributed by atoms with Crippen LogP contribution in [0.3, 0.4) is 0 Å². The van der Waals surface area contributed by atoms with Gasteiger partial charge in [0, 0.05) is 29.9 Å². The number of fused-ring (bicyclic) bond motifs is 2. The highest BCUT2D eigenvalue weighted by atomic mass is 19.1. The number of hydrogen-bond acceptors (Lipinski definition) is 7. The van der Waals surface area contributed by atoms with Crippen molar-refractivity contribution in [2.24, 2.45) is 0 Å². The van der Waals surface area contributed by atoms with E-state index >= 15 is 0 Å². The molecule has 0 saturated carbocycles. The number of halogens is 1. The topological polar surface area (TPSA) is 111 Å². The molecular weight excluding hydrogens is 447 g/mol. The summed E-state index contributed by atoms with van der Waals surface area (Å²) < 4.78 is 14.7. The summed E-state index contributed by atoms with van der Waals surface area (Å²) in [6.07, 6.45) is 1.70. The van der Waals surface area contributed by atoms with Crippen LogP contribution in [0, 0.1) is 17.1 Å². The molecule has 0 spiro atoms. The lowest BCUT2D eigenvalue weighted by atomic mass is 10.1. The van der Waals surface area contributed by atoms with Gasteiger partial charge < -0.3 is 10.6 Å². The van der Waals surface area contributed by atoms with Gasteiger partial charge in [0.25, 0.3) is 11.8 Å². The molecule has 2 amide bonds. The fourth-order valence-corrected chi connectivity index (χ4v) is 4.02. The van der Waals surface area contributed by atoms with Crippen molar-refractivity contribution in [1.29, 1.82) is 5.26 Å². The Kier molecular flexibility index (Phi) is 5.55. The Morgan fingerprint density at radius 1 is 1.03 bits per heavy atom. The van der Waals surface area contributed by atoms with Crippen molar-refractivity contribution >= 4 is 40.0 Å². The second kappa shape index (κ2) is 8.83. The molecular formula is C26H19FN6O2. The van der Waals surface area contributed by atoms with Crippen LogP contribution in [0.2, 0.25) is 0 Å². The van der Waals surface area contributed by atoms with E-state index < -0.39 is 11.9 Å². The highest BCUT2D eigenvalue weighted by Gasteiger charge is 2.35.